The number of hydrogen-bond donors (Lipinski definition) is 0. The van der Waals surface area contributed by atoms with Crippen molar-refractivity contribution in [3.8, 4) is 11.4 Å². The van der Waals surface area contributed by atoms with Gasteiger partial charge in [-0.3, -0.25) is 0 Å². The quantitative estimate of drug-likeness (QED) is 0.543. The number of hydrogen-bond acceptors (Lipinski definition) is 4. The standard InChI is InChI=1S/C21H18FN5/c1-14-12-18(16-8-5-9-17(22)20(16)23-14)26-10-11-27-19(13-26)24-25-21(27)15-6-3-2-4-7-15/h2-9,12H,10-11,13H2,1H3. The Hall–Kier alpha value is -3.28. The molecule has 5 rings (SSSR count). The molecule has 0 fully saturated rings. The molecular weight excluding hydrogens is 341 g/mol. The summed E-state index contributed by atoms with van der Waals surface area (Å²) >= 11 is 0. The molecule has 2 aromatic heterocycles. The summed E-state index contributed by atoms with van der Waals surface area (Å²) in [6.45, 7) is 4.12. The first kappa shape index (κ1) is 15.9. The number of nitrogens with zero attached hydrogens (tertiary/aromatic N) is 5. The van der Waals surface area contributed by atoms with Crippen LogP contribution in [0.25, 0.3) is 22.3 Å². The van der Waals surface area contributed by atoms with E-state index in [0.717, 1.165) is 47.1 Å². The zero-order valence-corrected chi connectivity index (χ0v) is 14.9. The van der Waals surface area contributed by atoms with E-state index in [1.165, 1.54) is 6.07 Å². The third-order valence-electron chi connectivity index (χ3n) is 5.02. The molecule has 0 saturated heterocycles. The van der Waals surface area contributed by atoms with E-state index in [2.05, 4.69) is 24.6 Å². The molecule has 0 aliphatic carbocycles. The molecule has 4 aromatic rings. The zero-order chi connectivity index (χ0) is 18.4. The monoisotopic (exact) mass is 359 g/mol. The van der Waals surface area contributed by atoms with Gasteiger partial charge in [0.05, 0.1) is 6.54 Å². The molecule has 0 N–H and O–H groups in total. The minimum atomic E-state index is -0.288. The molecule has 0 spiro atoms. The van der Waals surface area contributed by atoms with Crippen molar-refractivity contribution in [2.45, 2.75) is 20.0 Å². The summed E-state index contributed by atoms with van der Waals surface area (Å²) in [5.74, 6) is 1.52. The van der Waals surface area contributed by atoms with Crippen molar-refractivity contribution < 1.29 is 4.39 Å². The van der Waals surface area contributed by atoms with Gasteiger partial charge >= 0.3 is 0 Å². The van der Waals surface area contributed by atoms with Gasteiger partial charge < -0.3 is 9.47 Å². The molecule has 2 aromatic carbocycles. The molecule has 0 atom stereocenters. The second-order valence-electron chi connectivity index (χ2n) is 6.80. The number of para-hydroxylation sites is 1. The van der Waals surface area contributed by atoms with Crippen molar-refractivity contribution in [2.24, 2.45) is 0 Å². The molecule has 1 aliphatic rings. The van der Waals surface area contributed by atoms with Crippen LogP contribution in [0.5, 0.6) is 0 Å². The van der Waals surface area contributed by atoms with E-state index >= 15 is 0 Å². The van der Waals surface area contributed by atoms with Gasteiger partial charge in [0.1, 0.15) is 11.3 Å². The van der Waals surface area contributed by atoms with E-state index in [9.17, 15) is 4.39 Å². The van der Waals surface area contributed by atoms with Gasteiger partial charge in [0.15, 0.2) is 11.6 Å². The summed E-state index contributed by atoms with van der Waals surface area (Å²) in [6.07, 6.45) is 0. The molecule has 6 heteroatoms. The Morgan fingerprint density at radius 1 is 0.963 bits per heavy atom. The minimum Gasteiger partial charge on any atom is -0.362 e. The fraction of sp³-hybridized carbons (Fsp3) is 0.190. The van der Waals surface area contributed by atoms with Crippen LogP contribution in [0.1, 0.15) is 11.5 Å². The number of aromatic nitrogens is 4. The van der Waals surface area contributed by atoms with E-state index < -0.39 is 0 Å². The summed E-state index contributed by atoms with van der Waals surface area (Å²) in [5.41, 5.74) is 3.29. The van der Waals surface area contributed by atoms with Gasteiger partial charge in [-0.2, -0.15) is 0 Å². The first-order chi connectivity index (χ1) is 13.2. The van der Waals surface area contributed by atoms with E-state index in [-0.39, 0.29) is 5.82 Å². The van der Waals surface area contributed by atoms with E-state index in [0.29, 0.717) is 12.1 Å². The maximum Gasteiger partial charge on any atom is 0.164 e. The highest BCUT2D eigenvalue weighted by molar-refractivity contribution is 5.92. The van der Waals surface area contributed by atoms with Crippen molar-refractivity contribution in [3.63, 3.8) is 0 Å². The van der Waals surface area contributed by atoms with Crippen LogP contribution >= 0.6 is 0 Å². The molecule has 27 heavy (non-hydrogen) atoms. The lowest BCUT2D eigenvalue weighted by atomic mass is 10.1. The van der Waals surface area contributed by atoms with Crippen LogP contribution in [0.3, 0.4) is 0 Å². The highest BCUT2D eigenvalue weighted by Crippen LogP contribution is 2.31. The van der Waals surface area contributed by atoms with Gasteiger partial charge in [-0.05, 0) is 19.1 Å². The Kier molecular flexibility index (Phi) is 3.63. The Bertz CT molecular complexity index is 1140. The lowest BCUT2D eigenvalue weighted by Gasteiger charge is -2.30. The highest BCUT2D eigenvalue weighted by atomic mass is 19.1. The van der Waals surface area contributed by atoms with Crippen molar-refractivity contribution in [1.82, 2.24) is 19.7 Å². The second kappa shape index (κ2) is 6.16. The molecular formula is C21H18FN5. The number of pyridine rings is 1. The van der Waals surface area contributed by atoms with E-state index in [1.807, 2.05) is 49.4 Å². The average Bonchev–Trinajstić information content (AvgIpc) is 3.12. The Morgan fingerprint density at radius 3 is 2.67 bits per heavy atom. The van der Waals surface area contributed by atoms with Gasteiger partial charge in [0.25, 0.3) is 0 Å². The van der Waals surface area contributed by atoms with Crippen LogP contribution in [-0.2, 0) is 13.1 Å². The number of rotatable bonds is 2. The third kappa shape index (κ3) is 2.65. The van der Waals surface area contributed by atoms with Crippen molar-refractivity contribution in [3.05, 3.63) is 71.9 Å². The lowest BCUT2D eigenvalue weighted by molar-refractivity contribution is 0.564. The molecule has 0 amide bonds. The number of halogens is 1. The van der Waals surface area contributed by atoms with Crippen LogP contribution < -0.4 is 4.90 Å². The molecule has 5 nitrogen and oxygen atoms in total. The molecule has 0 radical (unpaired) electrons. The largest absolute Gasteiger partial charge is 0.362 e. The first-order valence-corrected chi connectivity index (χ1v) is 8.99. The predicted molar refractivity (Wildman–Crippen MR) is 103 cm³/mol. The predicted octanol–water partition coefficient (Wildman–Crippen LogP) is 3.96. The third-order valence-corrected chi connectivity index (χ3v) is 5.02. The lowest BCUT2D eigenvalue weighted by Crippen LogP contribution is -2.34. The van der Waals surface area contributed by atoms with Crippen LogP contribution in [0, 0.1) is 12.7 Å². The molecule has 3 heterocycles. The topological polar surface area (TPSA) is 46.8 Å². The number of aryl methyl sites for hydroxylation is 1. The van der Waals surface area contributed by atoms with Crippen LogP contribution in [0.4, 0.5) is 10.1 Å². The summed E-state index contributed by atoms with van der Waals surface area (Å²) in [4.78, 5) is 6.62. The molecule has 134 valence electrons. The number of fused-ring (bicyclic) bond motifs is 2. The smallest absolute Gasteiger partial charge is 0.164 e. The Balaban J connectivity index is 1.55. The van der Waals surface area contributed by atoms with Crippen molar-refractivity contribution in [2.75, 3.05) is 11.4 Å². The van der Waals surface area contributed by atoms with Gasteiger partial charge in [-0.25, -0.2) is 9.37 Å². The van der Waals surface area contributed by atoms with Crippen LogP contribution in [0.15, 0.2) is 54.6 Å². The maximum atomic E-state index is 14.2. The van der Waals surface area contributed by atoms with E-state index in [1.54, 1.807) is 6.07 Å². The van der Waals surface area contributed by atoms with Crippen molar-refractivity contribution in [1.29, 1.82) is 0 Å². The van der Waals surface area contributed by atoms with E-state index in [4.69, 9.17) is 0 Å². The van der Waals surface area contributed by atoms with Crippen molar-refractivity contribution >= 4 is 16.6 Å². The molecule has 1 aliphatic heterocycles. The average molecular weight is 359 g/mol. The fourth-order valence-electron chi connectivity index (χ4n) is 3.75. The number of anilines is 1. The maximum absolute atomic E-state index is 14.2. The van der Waals surface area contributed by atoms with Gasteiger partial charge in [0, 0.05) is 35.4 Å². The fourth-order valence-corrected chi connectivity index (χ4v) is 3.75. The summed E-state index contributed by atoms with van der Waals surface area (Å²) in [7, 11) is 0. The minimum absolute atomic E-state index is 0.288. The second-order valence-corrected chi connectivity index (χ2v) is 6.80. The van der Waals surface area contributed by atoms with Crippen LogP contribution in [-0.4, -0.2) is 26.3 Å². The SMILES string of the molecule is Cc1cc(N2CCn3c(nnc3-c3ccccc3)C2)c2cccc(F)c2n1. The normalized spacial score (nSPS) is 13.8. The molecule has 0 bridgehead atoms. The number of benzene rings is 2. The Morgan fingerprint density at radius 2 is 1.81 bits per heavy atom. The summed E-state index contributed by atoms with van der Waals surface area (Å²) in [5, 5.41) is 9.65. The highest BCUT2D eigenvalue weighted by Gasteiger charge is 2.23. The zero-order valence-electron chi connectivity index (χ0n) is 14.9. The van der Waals surface area contributed by atoms with Gasteiger partial charge in [-0.15, -0.1) is 10.2 Å². The Labute approximate surface area is 156 Å². The van der Waals surface area contributed by atoms with Gasteiger partial charge in [-0.1, -0.05) is 42.5 Å². The molecule has 0 unspecified atom stereocenters. The van der Waals surface area contributed by atoms with Crippen LogP contribution in [0.2, 0.25) is 0 Å². The summed E-state index contributed by atoms with van der Waals surface area (Å²) in [6, 6.07) is 17.2. The summed E-state index contributed by atoms with van der Waals surface area (Å²) < 4.78 is 16.4. The first-order valence-electron chi connectivity index (χ1n) is 8.99. The van der Waals surface area contributed by atoms with Gasteiger partial charge in [0.2, 0.25) is 0 Å². The molecule has 0 saturated carbocycles.